The largest absolute Gasteiger partial charge is 0.444 e. The van der Waals surface area contributed by atoms with Crippen molar-refractivity contribution in [3.8, 4) is 11.5 Å². The minimum absolute atomic E-state index is 0.163. The molecule has 1 N–H and O–H groups in total. The molecular weight excluding hydrogens is 407 g/mol. The third kappa shape index (κ3) is 4.93. The second kappa shape index (κ2) is 8.31. The van der Waals surface area contributed by atoms with Crippen LogP contribution < -0.4 is 5.32 Å². The Bertz CT molecular complexity index is 871. The number of aromatic nitrogens is 1. The maximum absolute atomic E-state index is 13.0. The average molecular weight is 421 g/mol. The van der Waals surface area contributed by atoms with Gasteiger partial charge < -0.3 is 9.73 Å². The van der Waals surface area contributed by atoms with Gasteiger partial charge in [-0.3, -0.25) is 4.79 Å². The highest BCUT2D eigenvalue weighted by Gasteiger charge is 2.09. The molecule has 0 aliphatic heterocycles. The highest BCUT2D eigenvalue weighted by Crippen LogP contribution is 2.24. The van der Waals surface area contributed by atoms with Crippen molar-refractivity contribution in [1.29, 1.82) is 0 Å². The number of rotatable bonds is 6. The average Bonchev–Trinajstić information content (AvgIpc) is 3.07. The molecule has 0 saturated carbocycles. The molecule has 4 nitrogen and oxygen atoms in total. The summed E-state index contributed by atoms with van der Waals surface area (Å²) in [5, 5.41) is 2.74. The van der Waals surface area contributed by atoms with E-state index in [1.165, 1.54) is 30.0 Å². The molecule has 2 aromatic carbocycles. The van der Waals surface area contributed by atoms with E-state index in [0.29, 0.717) is 21.8 Å². The number of carbonyl (C=O) groups excluding carboxylic acids is 1. The van der Waals surface area contributed by atoms with Crippen molar-refractivity contribution in [3.63, 3.8) is 0 Å². The van der Waals surface area contributed by atoms with E-state index < -0.39 is 0 Å². The fourth-order valence-electron chi connectivity index (χ4n) is 2.11. The van der Waals surface area contributed by atoms with Crippen LogP contribution in [0.1, 0.15) is 5.69 Å². The molecule has 0 unspecified atom stereocenters. The summed E-state index contributed by atoms with van der Waals surface area (Å²) < 4.78 is 19.0. The first-order valence-electron chi connectivity index (χ1n) is 7.44. The lowest BCUT2D eigenvalue weighted by Gasteiger charge is -2.06. The Balaban J connectivity index is 1.49. The molecule has 0 saturated heterocycles. The molecule has 1 heterocycles. The standard InChI is InChI=1S/C18H14BrFN2O2S/c19-15-8-13(20)6-7-16(15)22-17(23)11-25-10-14-9-24-18(21-14)12-4-2-1-3-5-12/h1-9H,10-11H2,(H,22,23). The summed E-state index contributed by atoms with van der Waals surface area (Å²) in [6.45, 7) is 0. The van der Waals surface area contributed by atoms with Crippen LogP contribution in [0.15, 0.2) is 63.7 Å². The molecule has 7 heteroatoms. The van der Waals surface area contributed by atoms with Crippen LogP contribution in [-0.2, 0) is 10.5 Å². The van der Waals surface area contributed by atoms with Crippen LogP contribution >= 0.6 is 27.7 Å². The highest BCUT2D eigenvalue weighted by molar-refractivity contribution is 9.10. The first-order valence-corrected chi connectivity index (χ1v) is 9.39. The highest BCUT2D eigenvalue weighted by atomic mass is 79.9. The second-order valence-corrected chi connectivity index (χ2v) is 7.02. The molecule has 3 aromatic rings. The zero-order valence-corrected chi connectivity index (χ0v) is 15.4. The van der Waals surface area contributed by atoms with E-state index in [-0.39, 0.29) is 17.5 Å². The van der Waals surface area contributed by atoms with Crippen molar-refractivity contribution >= 4 is 39.3 Å². The first-order chi connectivity index (χ1) is 12.1. The summed E-state index contributed by atoms with van der Waals surface area (Å²) in [5.41, 5.74) is 2.23. The number of carbonyl (C=O) groups is 1. The maximum Gasteiger partial charge on any atom is 0.234 e. The number of amides is 1. The van der Waals surface area contributed by atoms with Crippen LogP contribution in [0.4, 0.5) is 10.1 Å². The van der Waals surface area contributed by atoms with E-state index >= 15 is 0 Å². The molecule has 3 rings (SSSR count). The molecule has 0 spiro atoms. The summed E-state index contributed by atoms with van der Waals surface area (Å²) >= 11 is 4.65. The van der Waals surface area contributed by atoms with Crippen molar-refractivity contribution in [2.75, 3.05) is 11.1 Å². The Hall–Kier alpha value is -2.12. The first kappa shape index (κ1) is 17.7. The van der Waals surface area contributed by atoms with Crippen molar-refractivity contribution in [1.82, 2.24) is 4.98 Å². The second-order valence-electron chi connectivity index (χ2n) is 5.18. The normalized spacial score (nSPS) is 10.6. The SMILES string of the molecule is O=C(CSCc1coc(-c2ccccc2)n1)Nc1ccc(F)cc1Br. The number of hydrogen-bond donors (Lipinski definition) is 1. The number of thioether (sulfide) groups is 1. The minimum atomic E-state index is -0.362. The Labute approximate surface area is 157 Å². The molecule has 0 bridgehead atoms. The van der Waals surface area contributed by atoms with Crippen molar-refractivity contribution in [2.45, 2.75) is 5.75 Å². The Morgan fingerprint density at radius 2 is 2.04 bits per heavy atom. The third-order valence-corrected chi connectivity index (χ3v) is 4.88. The predicted octanol–water partition coefficient (Wildman–Crippen LogP) is 5.12. The Morgan fingerprint density at radius 1 is 1.24 bits per heavy atom. The molecule has 25 heavy (non-hydrogen) atoms. The van der Waals surface area contributed by atoms with Gasteiger partial charge in [-0.2, -0.15) is 0 Å². The molecule has 128 valence electrons. The van der Waals surface area contributed by atoms with Gasteiger partial charge in [0, 0.05) is 15.8 Å². The van der Waals surface area contributed by atoms with Crippen LogP contribution in [0.25, 0.3) is 11.5 Å². The zero-order chi connectivity index (χ0) is 17.6. The maximum atomic E-state index is 13.0. The molecule has 0 radical (unpaired) electrons. The molecule has 0 aliphatic rings. The minimum Gasteiger partial charge on any atom is -0.444 e. The van der Waals surface area contributed by atoms with Crippen LogP contribution in [0, 0.1) is 5.82 Å². The van der Waals surface area contributed by atoms with E-state index in [0.717, 1.165) is 11.3 Å². The number of nitrogens with zero attached hydrogens (tertiary/aromatic N) is 1. The van der Waals surface area contributed by atoms with Crippen LogP contribution in [-0.4, -0.2) is 16.6 Å². The smallest absolute Gasteiger partial charge is 0.234 e. The number of oxazole rings is 1. The summed E-state index contributed by atoms with van der Waals surface area (Å²) in [4.78, 5) is 16.4. The fraction of sp³-hybridized carbons (Fsp3) is 0.111. The van der Waals surface area contributed by atoms with Crippen molar-refractivity contribution in [3.05, 3.63) is 70.8 Å². The van der Waals surface area contributed by atoms with E-state index in [1.807, 2.05) is 30.3 Å². The summed E-state index contributed by atoms with van der Waals surface area (Å²) in [5.74, 6) is 0.866. The Kier molecular flexibility index (Phi) is 5.88. The Morgan fingerprint density at radius 3 is 2.80 bits per heavy atom. The van der Waals surface area contributed by atoms with Gasteiger partial charge in [-0.25, -0.2) is 9.37 Å². The number of benzene rings is 2. The number of nitrogens with one attached hydrogen (secondary N) is 1. The summed E-state index contributed by atoms with van der Waals surface area (Å²) in [6.07, 6.45) is 1.60. The van der Waals surface area contributed by atoms with Gasteiger partial charge in [-0.05, 0) is 46.3 Å². The van der Waals surface area contributed by atoms with Crippen LogP contribution in [0.3, 0.4) is 0 Å². The molecular formula is C18H14BrFN2O2S. The van der Waals surface area contributed by atoms with Gasteiger partial charge in [0.25, 0.3) is 0 Å². The fourth-order valence-corrected chi connectivity index (χ4v) is 3.26. The van der Waals surface area contributed by atoms with Gasteiger partial charge in [0.15, 0.2) is 0 Å². The van der Waals surface area contributed by atoms with E-state index in [9.17, 15) is 9.18 Å². The number of anilines is 1. The molecule has 1 aromatic heterocycles. The lowest BCUT2D eigenvalue weighted by atomic mass is 10.2. The van der Waals surface area contributed by atoms with E-state index in [4.69, 9.17) is 4.42 Å². The number of hydrogen-bond acceptors (Lipinski definition) is 4. The topological polar surface area (TPSA) is 55.1 Å². The molecule has 1 amide bonds. The van der Waals surface area contributed by atoms with Gasteiger partial charge in [-0.15, -0.1) is 11.8 Å². The lowest BCUT2D eigenvalue weighted by Crippen LogP contribution is -2.14. The summed E-state index contributed by atoms with van der Waals surface area (Å²) in [6, 6.07) is 13.8. The van der Waals surface area contributed by atoms with Crippen LogP contribution in [0.2, 0.25) is 0 Å². The summed E-state index contributed by atoms with van der Waals surface area (Å²) in [7, 11) is 0. The lowest BCUT2D eigenvalue weighted by molar-refractivity contribution is -0.113. The van der Waals surface area contributed by atoms with Crippen LogP contribution in [0.5, 0.6) is 0 Å². The monoisotopic (exact) mass is 420 g/mol. The van der Waals surface area contributed by atoms with Crippen molar-refractivity contribution in [2.24, 2.45) is 0 Å². The van der Waals surface area contributed by atoms with E-state index in [1.54, 1.807) is 6.26 Å². The zero-order valence-electron chi connectivity index (χ0n) is 13.0. The van der Waals surface area contributed by atoms with Gasteiger partial charge in [0.1, 0.15) is 12.1 Å². The van der Waals surface area contributed by atoms with Gasteiger partial charge in [0.05, 0.1) is 17.1 Å². The van der Waals surface area contributed by atoms with Gasteiger partial charge in [-0.1, -0.05) is 18.2 Å². The van der Waals surface area contributed by atoms with Gasteiger partial charge in [0.2, 0.25) is 11.8 Å². The quantitative estimate of drug-likeness (QED) is 0.601. The number of halogens is 2. The molecule has 0 atom stereocenters. The predicted molar refractivity (Wildman–Crippen MR) is 101 cm³/mol. The van der Waals surface area contributed by atoms with Crippen molar-refractivity contribution < 1.29 is 13.6 Å². The third-order valence-electron chi connectivity index (χ3n) is 3.26. The van der Waals surface area contributed by atoms with E-state index in [2.05, 4.69) is 26.2 Å². The van der Waals surface area contributed by atoms with Gasteiger partial charge >= 0.3 is 0 Å². The molecule has 0 aliphatic carbocycles. The molecule has 0 fully saturated rings.